The summed E-state index contributed by atoms with van der Waals surface area (Å²) in [5.41, 5.74) is 0. The Morgan fingerprint density at radius 2 is 2.00 bits per heavy atom. The van der Waals surface area contributed by atoms with Gasteiger partial charge in [-0.2, -0.15) is 0 Å². The Kier molecular flexibility index (Phi) is 6.55. The first-order valence-electron chi connectivity index (χ1n) is 1.34. The molecule has 5 nitrogen and oxygen atoms in total. The van der Waals surface area contributed by atoms with Crippen LogP contribution >= 0.6 is 7.82 Å². The Bertz CT molecular complexity index is 86.4. The number of aliphatic hydroxyl groups excluding tert-OH is 1. The zero-order chi connectivity index (χ0) is 5.91. The molecule has 0 radical (unpaired) electrons. The van der Waals surface area contributed by atoms with Crippen molar-refractivity contribution < 1.29 is 43.5 Å². The molecule has 44 valence electrons. The summed E-state index contributed by atoms with van der Waals surface area (Å²) in [6.45, 7) is -1.08. The second-order valence-corrected chi connectivity index (χ2v) is 1.86. The molecule has 1 N–H and O–H groups in total. The van der Waals surface area contributed by atoms with Crippen LogP contribution in [0, 0.1) is 0 Å². The third-order valence-electron chi connectivity index (χ3n) is 0.216. The van der Waals surface area contributed by atoms with E-state index in [-0.39, 0.29) is 19.5 Å². The zero-order valence-electron chi connectivity index (χ0n) is 3.94. The Morgan fingerprint density at radius 3 is 2.00 bits per heavy atom. The summed E-state index contributed by atoms with van der Waals surface area (Å²) in [5, 5.41) is 7.61. The molecule has 0 bridgehead atoms. The third kappa shape index (κ3) is 9.85. The van der Waals surface area contributed by atoms with E-state index in [4.69, 9.17) is 5.11 Å². The normalized spacial score (nSPS) is 10.4. The first kappa shape index (κ1) is 11.5. The van der Waals surface area contributed by atoms with Crippen LogP contribution in [0.1, 0.15) is 0 Å². The minimum atomic E-state index is -4.92. The minimum absolute atomic E-state index is 0. The monoisotopic (exact) mass is 190 g/mol. The second kappa shape index (κ2) is 4.56. The molecule has 0 saturated heterocycles. The van der Waals surface area contributed by atoms with Gasteiger partial charge in [0, 0.05) is 0 Å². The zero-order valence-corrected chi connectivity index (χ0v) is 7.80. The molecule has 0 atom stereocenters. The standard InChI is InChI=1S/CH5O5P.Zn/c2-1-6-7(3,4)5;/h2H,1H2,(H2,3,4,5);/q;+2/p-2. The summed E-state index contributed by atoms with van der Waals surface area (Å²) in [5.74, 6) is 0. The van der Waals surface area contributed by atoms with Crippen molar-refractivity contribution in [2.75, 3.05) is 6.79 Å². The van der Waals surface area contributed by atoms with Crippen LogP contribution in [0.4, 0.5) is 0 Å². The molecule has 0 aromatic carbocycles. The Balaban J connectivity index is 0. The van der Waals surface area contributed by atoms with Gasteiger partial charge >= 0.3 is 19.5 Å². The minimum Gasteiger partial charge on any atom is -0.790 e. The number of rotatable bonds is 2. The van der Waals surface area contributed by atoms with Crippen molar-refractivity contribution in [1.82, 2.24) is 0 Å². The van der Waals surface area contributed by atoms with Crippen molar-refractivity contribution >= 4 is 7.82 Å². The Labute approximate surface area is 58.7 Å². The fraction of sp³-hybridized carbons (Fsp3) is 1.00. The van der Waals surface area contributed by atoms with Gasteiger partial charge in [-0.05, 0) is 0 Å². The molecule has 0 spiro atoms. The number of phosphoric ester groups is 1. The molecule has 0 aromatic rings. The fourth-order valence-electron chi connectivity index (χ4n) is 0.0707. The van der Waals surface area contributed by atoms with Crippen molar-refractivity contribution in [3.8, 4) is 0 Å². The molecule has 0 heterocycles. The van der Waals surface area contributed by atoms with Gasteiger partial charge in [-0.3, -0.25) is 0 Å². The maximum absolute atomic E-state index is 9.32. The van der Waals surface area contributed by atoms with Gasteiger partial charge in [0.1, 0.15) is 6.79 Å². The summed E-state index contributed by atoms with van der Waals surface area (Å²) >= 11 is 0. The summed E-state index contributed by atoms with van der Waals surface area (Å²) in [7, 11) is -4.92. The molecule has 0 aliphatic heterocycles. The van der Waals surface area contributed by atoms with Gasteiger partial charge in [0.15, 0.2) is 0 Å². The molecular formula is CH3O5PZn. The fourth-order valence-corrected chi connectivity index (χ4v) is 0.212. The van der Waals surface area contributed by atoms with Crippen molar-refractivity contribution in [1.29, 1.82) is 0 Å². The van der Waals surface area contributed by atoms with E-state index in [1.807, 2.05) is 0 Å². The van der Waals surface area contributed by atoms with Crippen LogP contribution in [-0.4, -0.2) is 11.9 Å². The van der Waals surface area contributed by atoms with Crippen LogP contribution in [0.3, 0.4) is 0 Å². The average molecular weight is 191 g/mol. The van der Waals surface area contributed by atoms with Gasteiger partial charge < -0.3 is 24.0 Å². The number of aliphatic hydroxyl groups is 1. The van der Waals surface area contributed by atoms with Gasteiger partial charge in [0.05, 0.1) is 7.82 Å². The van der Waals surface area contributed by atoms with Gasteiger partial charge in [-0.15, -0.1) is 0 Å². The van der Waals surface area contributed by atoms with Crippen molar-refractivity contribution in [3.05, 3.63) is 0 Å². The van der Waals surface area contributed by atoms with Gasteiger partial charge in [0.2, 0.25) is 0 Å². The van der Waals surface area contributed by atoms with E-state index in [1.54, 1.807) is 0 Å². The molecule has 0 aliphatic rings. The molecular weight excluding hydrogens is 188 g/mol. The summed E-state index contributed by atoms with van der Waals surface area (Å²) in [4.78, 5) is 18.6. The van der Waals surface area contributed by atoms with Gasteiger partial charge in [-0.1, -0.05) is 0 Å². The number of hydrogen-bond acceptors (Lipinski definition) is 5. The van der Waals surface area contributed by atoms with Crippen LogP contribution in [0.25, 0.3) is 0 Å². The summed E-state index contributed by atoms with van der Waals surface area (Å²) in [6.07, 6.45) is 0. The van der Waals surface area contributed by atoms with E-state index in [0.717, 1.165) is 0 Å². The van der Waals surface area contributed by atoms with Crippen LogP contribution < -0.4 is 9.79 Å². The van der Waals surface area contributed by atoms with E-state index in [0.29, 0.717) is 0 Å². The predicted octanol–water partition coefficient (Wildman–Crippen LogP) is -2.22. The maximum Gasteiger partial charge on any atom is 2.00 e. The van der Waals surface area contributed by atoms with E-state index in [2.05, 4.69) is 4.52 Å². The molecule has 0 aliphatic carbocycles. The van der Waals surface area contributed by atoms with Gasteiger partial charge in [-0.25, -0.2) is 0 Å². The third-order valence-corrected chi connectivity index (χ3v) is 0.648. The quantitative estimate of drug-likeness (QED) is 0.303. The molecule has 0 fully saturated rings. The van der Waals surface area contributed by atoms with Crippen molar-refractivity contribution in [3.63, 3.8) is 0 Å². The molecule has 0 aromatic heterocycles. The first-order chi connectivity index (χ1) is 3.06. The first-order valence-corrected chi connectivity index (χ1v) is 2.80. The smallest absolute Gasteiger partial charge is 0.790 e. The molecule has 0 unspecified atom stereocenters. The molecule has 0 saturated carbocycles. The SMILES string of the molecule is O=P([O-])([O-])OCO.[Zn+2]. The maximum atomic E-state index is 9.32. The van der Waals surface area contributed by atoms with Crippen LogP contribution in [0.15, 0.2) is 0 Å². The van der Waals surface area contributed by atoms with E-state index in [9.17, 15) is 14.4 Å². The average Bonchev–Trinajstić information content (AvgIpc) is 1.30. The summed E-state index contributed by atoms with van der Waals surface area (Å²) in [6, 6.07) is 0. The van der Waals surface area contributed by atoms with Crippen molar-refractivity contribution in [2.45, 2.75) is 0 Å². The Morgan fingerprint density at radius 1 is 1.62 bits per heavy atom. The van der Waals surface area contributed by atoms with E-state index < -0.39 is 14.6 Å². The van der Waals surface area contributed by atoms with E-state index >= 15 is 0 Å². The molecule has 0 amide bonds. The largest absolute Gasteiger partial charge is 2.00 e. The number of phosphoric acid groups is 1. The topological polar surface area (TPSA) is 92.7 Å². The summed E-state index contributed by atoms with van der Waals surface area (Å²) < 4.78 is 12.6. The molecule has 0 rings (SSSR count). The predicted molar refractivity (Wildman–Crippen MR) is 15.8 cm³/mol. The van der Waals surface area contributed by atoms with Crippen LogP contribution in [0.2, 0.25) is 0 Å². The van der Waals surface area contributed by atoms with Crippen LogP contribution in [0.5, 0.6) is 0 Å². The van der Waals surface area contributed by atoms with Crippen LogP contribution in [-0.2, 0) is 28.6 Å². The van der Waals surface area contributed by atoms with E-state index in [1.165, 1.54) is 0 Å². The second-order valence-electron chi connectivity index (χ2n) is 0.705. The molecule has 8 heavy (non-hydrogen) atoms. The van der Waals surface area contributed by atoms with Crippen molar-refractivity contribution in [2.24, 2.45) is 0 Å². The number of hydrogen-bond donors (Lipinski definition) is 1. The Hall–Kier alpha value is 0.693. The molecule has 7 heteroatoms. The van der Waals surface area contributed by atoms with Gasteiger partial charge in [0.25, 0.3) is 0 Å².